The molecule has 0 aliphatic carbocycles. The number of halogens is 2. The Labute approximate surface area is 156 Å². The average molecular weight is 415 g/mol. The summed E-state index contributed by atoms with van der Waals surface area (Å²) in [6, 6.07) is 2.78. The summed E-state index contributed by atoms with van der Waals surface area (Å²) in [4.78, 5) is 28.0. The summed E-state index contributed by atoms with van der Waals surface area (Å²) in [6.07, 6.45) is 0.210. The van der Waals surface area contributed by atoms with Crippen molar-refractivity contribution in [1.82, 2.24) is 9.80 Å². The maximum Gasteiger partial charge on any atom is 0.410 e. The summed E-state index contributed by atoms with van der Waals surface area (Å²) in [5.41, 5.74) is 0.265. The van der Waals surface area contributed by atoms with Crippen LogP contribution in [0.5, 0.6) is 0 Å². The monoisotopic (exact) mass is 414 g/mol. The highest BCUT2D eigenvalue weighted by molar-refractivity contribution is 9.10. The number of likely N-dealkylation sites (tertiary alicyclic amines) is 1. The number of likely N-dealkylation sites (N-methyl/N-ethyl adjacent to an activating group) is 1. The van der Waals surface area contributed by atoms with Gasteiger partial charge in [-0.2, -0.15) is 0 Å². The highest BCUT2D eigenvalue weighted by Gasteiger charge is 2.34. The SMILES string of the molecule is Cc1ccc(F)c(C(=O)N2CCC(N(C)C(=O)OC(C)(C)C)C2)c1Br. The Morgan fingerprint density at radius 3 is 2.60 bits per heavy atom. The number of aryl methyl sites for hydroxylation is 1. The number of amides is 2. The van der Waals surface area contributed by atoms with E-state index in [1.165, 1.54) is 11.0 Å². The largest absolute Gasteiger partial charge is 0.444 e. The maximum absolute atomic E-state index is 14.1. The van der Waals surface area contributed by atoms with Gasteiger partial charge in [-0.1, -0.05) is 6.07 Å². The maximum atomic E-state index is 14.1. The Balaban J connectivity index is 2.09. The summed E-state index contributed by atoms with van der Waals surface area (Å²) >= 11 is 3.31. The molecule has 2 amide bonds. The number of hydrogen-bond donors (Lipinski definition) is 0. The van der Waals surface area contributed by atoms with E-state index in [9.17, 15) is 14.0 Å². The summed E-state index contributed by atoms with van der Waals surface area (Å²) < 4.78 is 20.0. The lowest BCUT2D eigenvalue weighted by atomic mass is 10.1. The van der Waals surface area contributed by atoms with Crippen molar-refractivity contribution in [3.63, 3.8) is 0 Å². The van der Waals surface area contributed by atoms with Gasteiger partial charge >= 0.3 is 6.09 Å². The minimum atomic E-state index is -0.574. The molecule has 0 bridgehead atoms. The van der Waals surface area contributed by atoms with Crippen LogP contribution in [0.2, 0.25) is 0 Å². The average Bonchev–Trinajstić information content (AvgIpc) is 2.98. The van der Waals surface area contributed by atoms with Crippen molar-refractivity contribution in [3.8, 4) is 0 Å². The Morgan fingerprint density at radius 2 is 2.00 bits per heavy atom. The highest BCUT2D eigenvalue weighted by atomic mass is 79.9. The molecule has 7 heteroatoms. The van der Waals surface area contributed by atoms with E-state index in [2.05, 4.69) is 15.9 Å². The number of benzene rings is 1. The minimum absolute atomic E-state index is 0.0422. The first-order chi connectivity index (χ1) is 11.5. The molecule has 5 nitrogen and oxygen atoms in total. The molecule has 0 radical (unpaired) electrons. The Morgan fingerprint density at radius 1 is 1.36 bits per heavy atom. The van der Waals surface area contributed by atoms with Crippen molar-refractivity contribution in [3.05, 3.63) is 33.5 Å². The zero-order valence-corrected chi connectivity index (χ0v) is 16.8. The molecule has 0 saturated carbocycles. The van der Waals surface area contributed by atoms with Gasteiger partial charge in [0.2, 0.25) is 0 Å². The van der Waals surface area contributed by atoms with Crippen LogP contribution >= 0.6 is 15.9 Å². The van der Waals surface area contributed by atoms with Gasteiger partial charge in [-0.3, -0.25) is 4.79 Å². The number of carbonyl (C=O) groups excluding carboxylic acids is 2. The fourth-order valence-electron chi connectivity index (χ4n) is 2.74. The van der Waals surface area contributed by atoms with E-state index < -0.39 is 17.5 Å². The van der Waals surface area contributed by atoms with Gasteiger partial charge in [-0.05, 0) is 61.7 Å². The molecule has 1 heterocycles. The third-order valence-electron chi connectivity index (χ3n) is 4.18. The van der Waals surface area contributed by atoms with Crippen LogP contribution in [-0.4, -0.2) is 53.6 Å². The quantitative estimate of drug-likeness (QED) is 0.735. The van der Waals surface area contributed by atoms with E-state index in [1.54, 1.807) is 38.8 Å². The van der Waals surface area contributed by atoms with Crippen molar-refractivity contribution >= 4 is 27.9 Å². The van der Waals surface area contributed by atoms with E-state index in [0.29, 0.717) is 24.0 Å². The first-order valence-corrected chi connectivity index (χ1v) is 9.00. The van der Waals surface area contributed by atoms with Gasteiger partial charge in [0.25, 0.3) is 5.91 Å². The third-order valence-corrected chi connectivity index (χ3v) is 5.20. The van der Waals surface area contributed by atoms with E-state index in [1.807, 2.05) is 6.92 Å². The number of nitrogens with zero attached hydrogens (tertiary/aromatic N) is 2. The molecule has 1 aliphatic heterocycles. The van der Waals surface area contributed by atoms with Crippen molar-refractivity contribution in [2.45, 2.75) is 45.8 Å². The lowest BCUT2D eigenvalue weighted by molar-refractivity contribution is 0.0226. The molecule has 25 heavy (non-hydrogen) atoms. The topological polar surface area (TPSA) is 49.9 Å². The van der Waals surface area contributed by atoms with Gasteiger partial charge in [0.1, 0.15) is 11.4 Å². The lowest BCUT2D eigenvalue weighted by Crippen LogP contribution is -2.42. The molecule has 1 aromatic rings. The normalized spacial score (nSPS) is 17.6. The second-order valence-corrected chi connectivity index (χ2v) is 8.13. The first-order valence-electron chi connectivity index (χ1n) is 8.21. The smallest absolute Gasteiger partial charge is 0.410 e. The fraction of sp³-hybridized carbons (Fsp3) is 0.556. The van der Waals surface area contributed by atoms with Crippen LogP contribution in [0.3, 0.4) is 0 Å². The van der Waals surface area contributed by atoms with Crippen LogP contribution in [0.1, 0.15) is 43.1 Å². The molecule has 0 N–H and O–H groups in total. The molecule has 1 fully saturated rings. The van der Waals surface area contributed by atoms with E-state index in [0.717, 1.165) is 5.56 Å². The highest BCUT2D eigenvalue weighted by Crippen LogP contribution is 2.27. The van der Waals surface area contributed by atoms with Crippen LogP contribution < -0.4 is 0 Å². The third kappa shape index (κ3) is 4.51. The Kier molecular flexibility index (Phi) is 5.76. The molecule has 2 rings (SSSR count). The molecule has 0 spiro atoms. The molecule has 0 aromatic heterocycles. The molecule has 1 unspecified atom stereocenters. The Bertz CT molecular complexity index is 688. The predicted octanol–water partition coefficient (Wildman–Crippen LogP) is 3.98. The zero-order valence-electron chi connectivity index (χ0n) is 15.2. The summed E-state index contributed by atoms with van der Waals surface area (Å²) in [5.74, 6) is -0.917. The van der Waals surface area contributed by atoms with Crippen LogP contribution in [0.4, 0.5) is 9.18 Å². The van der Waals surface area contributed by atoms with Crippen LogP contribution in [0.25, 0.3) is 0 Å². The number of carbonyl (C=O) groups is 2. The zero-order chi connectivity index (χ0) is 18.9. The number of ether oxygens (including phenoxy) is 1. The van der Waals surface area contributed by atoms with E-state index in [-0.39, 0.29) is 17.5 Å². The number of hydrogen-bond acceptors (Lipinski definition) is 3. The minimum Gasteiger partial charge on any atom is -0.444 e. The molecule has 1 saturated heterocycles. The van der Waals surface area contributed by atoms with Crippen LogP contribution in [-0.2, 0) is 4.74 Å². The summed E-state index contributed by atoms with van der Waals surface area (Å²) in [5, 5.41) is 0. The summed E-state index contributed by atoms with van der Waals surface area (Å²) in [7, 11) is 1.66. The molecular formula is C18H24BrFN2O3. The van der Waals surface area contributed by atoms with Gasteiger partial charge < -0.3 is 14.5 Å². The predicted molar refractivity (Wildman–Crippen MR) is 97.1 cm³/mol. The number of rotatable bonds is 2. The van der Waals surface area contributed by atoms with Gasteiger partial charge in [-0.15, -0.1) is 0 Å². The van der Waals surface area contributed by atoms with Crippen LogP contribution in [0.15, 0.2) is 16.6 Å². The first kappa shape index (κ1) is 19.7. The second-order valence-electron chi connectivity index (χ2n) is 7.34. The lowest BCUT2D eigenvalue weighted by Gasteiger charge is -2.28. The van der Waals surface area contributed by atoms with Crippen molar-refractivity contribution < 1.29 is 18.7 Å². The van der Waals surface area contributed by atoms with Crippen molar-refractivity contribution in [2.24, 2.45) is 0 Å². The standard InChI is InChI=1S/C18H24BrFN2O3/c1-11-6-7-13(20)14(15(11)19)16(23)22-9-8-12(10-22)21(5)17(24)25-18(2,3)4/h6-7,12H,8-10H2,1-5H3. The van der Waals surface area contributed by atoms with Gasteiger partial charge in [0.15, 0.2) is 0 Å². The summed E-state index contributed by atoms with van der Waals surface area (Å²) in [6.45, 7) is 8.05. The van der Waals surface area contributed by atoms with E-state index in [4.69, 9.17) is 4.74 Å². The molecule has 138 valence electrons. The fourth-order valence-corrected chi connectivity index (χ4v) is 3.23. The Hall–Kier alpha value is -1.63. The molecule has 1 aromatic carbocycles. The van der Waals surface area contributed by atoms with Gasteiger partial charge in [0.05, 0.1) is 11.6 Å². The van der Waals surface area contributed by atoms with Crippen molar-refractivity contribution in [1.29, 1.82) is 0 Å². The van der Waals surface area contributed by atoms with Crippen molar-refractivity contribution in [2.75, 3.05) is 20.1 Å². The van der Waals surface area contributed by atoms with Crippen LogP contribution in [0, 0.1) is 12.7 Å². The van der Waals surface area contributed by atoms with Gasteiger partial charge in [-0.25, -0.2) is 9.18 Å². The molecular weight excluding hydrogens is 391 g/mol. The second kappa shape index (κ2) is 7.32. The van der Waals surface area contributed by atoms with Gasteiger partial charge in [0, 0.05) is 24.6 Å². The molecule has 1 atom stereocenters. The van der Waals surface area contributed by atoms with E-state index >= 15 is 0 Å². The molecule has 1 aliphatic rings.